The van der Waals surface area contributed by atoms with E-state index in [1.165, 1.54) is 89.5 Å². The van der Waals surface area contributed by atoms with Crippen molar-refractivity contribution in [2.45, 2.75) is 174 Å². The Kier molecular flexibility index (Phi) is 28.6. The highest BCUT2D eigenvalue weighted by Crippen LogP contribution is 2.12. The Morgan fingerprint density at radius 1 is 0.619 bits per heavy atom. The molecule has 0 aliphatic carbocycles. The summed E-state index contributed by atoms with van der Waals surface area (Å²) in [7, 11) is -4.35. The summed E-state index contributed by atoms with van der Waals surface area (Å²) in [6, 6.07) is -1.07. The number of carbonyl (C=O) groups is 1. The number of aliphatic hydroxyl groups is 1. The fourth-order valence-electron chi connectivity index (χ4n) is 4.93. The van der Waals surface area contributed by atoms with Gasteiger partial charge >= 0.3 is 0 Å². The third-order valence-electron chi connectivity index (χ3n) is 7.54. The van der Waals surface area contributed by atoms with E-state index >= 15 is 0 Å². The largest absolute Gasteiger partial charge is 0.387 e. The van der Waals surface area contributed by atoms with Crippen LogP contribution in [-0.2, 0) is 14.9 Å². The molecule has 0 heterocycles. The summed E-state index contributed by atoms with van der Waals surface area (Å²) in [6.07, 6.45) is 37.0. The number of aliphatic hydroxyl groups excluding tert-OH is 1. The molecule has 0 aromatic carbocycles. The second-order valence-electron chi connectivity index (χ2n) is 11.8. The van der Waals surface area contributed by atoms with E-state index in [1.807, 2.05) is 0 Å². The molecular formula is C35H65NO5S. The minimum absolute atomic E-state index is 0.277. The predicted octanol–water partition coefficient (Wildman–Crippen LogP) is 9.40. The summed E-state index contributed by atoms with van der Waals surface area (Å²) in [5.74, 6) is -1.01. The number of rotatable bonds is 30. The smallest absolute Gasteiger partial charge is 0.267 e. The van der Waals surface area contributed by atoms with Crippen molar-refractivity contribution in [2.75, 3.05) is 5.75 Å². The SMILES string of the molecule is CCCCC/C=C\CCCCCCCC(=O)NC(CS(=O)(=O)O)C(O)/C=C/CC/C=C/CCCCCCCCCCC. The van der Waals surface area contributed by atoms with Gasteiger partial charge in [-0.3, -0.25) is 9.35 Å². The van der Waals surface area contributed by atoms with Gasteiger partial charge < -0.3 is 10.4 Å². The Bertz CT molecular complexity index is 806. The first-order valence-electron chi connectivity index (χ1n) is 17.2. The molecule has 2 unspecified atom stereocenters. The van der Waals surface area contributed by atoms with Crippen LogP contribution in [0.15, 0.2) is 36.5 Å². The van der Waals surface area contributed by atoms with Crippen molar-refractivity contribution in [3.05, 3.63) is 36.5 Å². The van der Waals surface area contributed by atoms with Crippen LogP contribution < -0.4 is 5.32 Å². The molecule has 2 atom stereocenters. The highest BCUT2D eigenvalue weighted by atomic mass is 32.2. The summed E-state index contributed by atoms with van der Waals surface area (Å²) in [5.41, 5.74) is 0. The quantitative estimate of drug-likeness (QED) is 0.0426. The Hall–Kier alpha value is -1.44. The summed E-state index contributed by atoms with van der Waals surface area (Å²) in [6.45, 7) is 4.46. The lowest BCUT2D eigenvalue weighted by molar-refractivity contribution is -0.122. The van der Waals surface area contributed by atoms with Gasteiger partial charge in [0.15, 0.2) is 0 Å². The lowest BCUT2D eigenvalue weighted by atomic mass is 10.1. The van der Waals surface area contributed by atoms with E-state index in [2.05, 4.69) is 43.5 Å². The molecule has 0 saturated heterocycles. The van der Waals surface area contributed by atoms with E-state index in [1.54, 1.807) is 6.08 Å². The van der Waals surface area contributed by atoms with Gasteiger partial charge in [-0.15, -0.1) is 0 Å². The van der Waals surface area contributed by atoms with Gasteiger partial charge in [-0.25, -0.2) is 0 Å². The highest BCUT2D eigenvalue weighted by Gasteiger charge is 2.24. The average molecular weight is 612 g/mol. The predicted molar refractivity (Wildman–Crippen MR) is 179 cm³/mol. The maximum absolute atomic E-state index is 12.4. The maximum Gasteiger partial charge on any atom is 0.267 e. The highest BCUT2D eigenvalue weighted by molar-refractivity contribution is 7.85. The molecule has 1 amide bonds. The van der Waals surface area contributed by atoms with E-state index in [-0.39, 0.29) is 12.3 Å². The van der Waals surface area contributed by atoms with Gasteiger partial charge in [0.1, 0.15) is 0 Å². The molecule has 0 spiro atoms. The molecule has 0 aromatic rings. The number of hydrogen-bond acceptors (Lipinski definition) is 4. The van der Waals surface area contributed by atoms with Crippen molar-refractivity contribution >= 4 is 16.0 Å². The van der Waals surface area contributed by atoms with E-state index in [9.17, 15) is 22.9 Å². The zero-order chi connectivity index (χ0) is 31.2. The molecule has 6 nitrogen and oxygen atoms in total. The molecule has 3 N–H and O–H groups in total. The Labute approximate surface area is 259 Å². The fraction of sp³-hybridized carbons (Fsp3) is 0.800. The van der Waals surface area contributed by atoms with Crippen LogP contribution in [0.5, 0.6) is 0 Å². The molecule has 0 aliphatic rings. The van der Waals surface area contributed by atoms with Crippen LogP contribution in [0.2, 0.25) is 0 Å². The minimum atomic E-state index is -4.35. The lowest BCUT2D eigenvalue weighted by Crippen LogP contribution is -2.46. The van der Waals surface area contributed by atoms with Gasteiger partial charge in [0.2, 0.25) is 5.91 Å². The van der Waals surface area contributed by atoms with Crippen molar-refractivity contribution in [1.82, 2.24) is 5.32 Å². The lowest BCUT2D eigenvalue weighted by Gasteiger charge is -2.21. The van der Waals surface area contributed by atoms with Gasteiger partial charge in [-0.05, 0) is 57.8 Å². The van der Waals surface area contributed by atoms with Crippen molar-refractivity contribution in [1.29, 1.82) is 0 Å². The van der Waals surface area contributed by atoms with Crippen LogP contribution in [0.4, 0.5) is 0 Å². The summed E-state index contributed by atoms with van der Waals surface area (Å²) < 4.78 is 32.3. The number of allylic oxidation sites excluding steroid dienone is 5. The number of nitrogens with one attached hydrogen (secondary N) is 1. The monoisotopic (exact) mass is 611 g/mol. The number of unbranched alkanes of at least 4 members (excludes halogenated alkanes) is 18. The topological polar surface area (TPSA) is 104 Å². The van der Waals surface area contributed by atoms with Gasteiger partial charge in [0.25, 0.3) is 10.1 Å². The van der Waals surface area contributed by atoms with Crippen LogP contribution in [0.3, 0.4) is 0 Å². The second-order valence-corrected chi connectivity index (χ2v) is 13.3. The first kappa shape index (κ1) is 40.6. The number of carbonyl (C=O) groups excluding carboxylic acids is 1. The van der Waals surface area contributed by atoms with Crippen molar-refractivity contribution in [2.24, 2.45) is 0 Å². The molecule has 246 valence electrons. The van der Waals surface area contributed by atoms with Crippen molar-refractivity contribution in [3.8, 4) is 0 Å². The number of hydrogen-bond donors (Lipinski definition) is 3. The molecule has 0 bridgehead atoms. The first-order valence-corrected chi connectivity index (χ1v) is 18.8. The standard InChI is InChI=1S/C35H65NO5S/c1-3-5-7-9-11-13-15-17-18-19-20-22-24-26-28-30-34(37)33(32-42(39,40)41)36-35(38)31-29-27-25-23-21-16-14-12-10-8-6-4-2/h12,14,20,22,28,30,33-34,37H,3-11,13,15-19,21,23-27,29,31-32H2,1-2H3,(H,36,38)(H,39,40,41)/b14-12-,22-20+,30-28+. The third kappa shape index (κ3) is 30.0. The van der Waals surface area contributed by atoms with Gasteiger partial charge in [0.05, 0.1) is 17.9 Å². The van der Waals surface area contributed by atoms with Crippen LogP contribution in [0.1, 0.15) is 162 Å². The fourth-order valence-corrected chi connectivity index (χ4v) is 5.66. The summed E-state index contributed by atoms with van der Waals surface area (Å²) in [4.78, 5) is 12.4. The second kappa shape index (κ2) is 29.6. The molecule has 7 heteroatoms. The van der Waals surface area contributed by atoms with Crippen molar-refractivity contribution < 1.29 is 22.9 Å². The van der Waals surface area contributed by atoms with Crippen LogP contribution >= 0.6 is 0 Å². The van der Waals surface area contributed by atoms with Gasteiger partial charge in [0, 0.05) is 6.42 Å². The summed E-state index contributed by atoms with van der Waals surface area (Å²) >= 11 is 0. The molecule has 0 fully saturated rings. The molecule has 0 rings (SSSR count). The molecule has 42 heavy (non-hydrogen) atoms. The van der Waals surface area contributed by atoms with Gasteiger partial charge in [-0.2, -0.15) is 8.42 Å². The van der Waals surface area contributed by atoms with Crippen LogP contribution in [0.25, 0.3) is 0 Å². The van der Waals surface area contributed by atoms with E-state index in [0.29, 0.717) is 12.8 Å². The molecule has 0 saturated carbocycles. The zero-order valence-corrected chi connectivity index (χ0v) is 27.9. The minimum Gasteiger partial charge on any atom is -0.387 e. The Morgan fingerprint density at radius 3 is 1.55 bits per heavy atom. The summed E-state index contributed by atoms with van der Waals surface area (Å²) in [5, 5.41) is 13.1. The molecule has 0 aromatic heterocycles. The zero-order valence-electron chi connectivity index (χ0n) is 27.1. The normalized spacial score (nSPS) is 13.9. The molecule has 0 aliphatic heterocycles. The molecular weight excluding hydrogens is 546 g/mol. The van der Waals surface area contributed by atoms with Crippen molar-refractivity contribution in [3.63, 3.8) is 0 Å². The molecule has 0 radical (unpaired) electrons. The van der Waals surface area contributed by atoms with Crippen LogP contribution in [-0.4, -0.2) is 41.9 Å². The van der Waals surface area contributed by atoms with E-state index < -0.39 is 28.0 Å². The first-order chi connectivity index (χ1) is 20.3. The Balaban J connectivity index is 4.11. The van der Waals surface area contributed by atoms with Crippen LogP contribution in [0, 0.1) is 0 Å². The Morgan fingerprint density at radius 2 is 1.02 bits per heavy atom. The van der Waals surface area contributed by atoms with E-state index in [4.69, 9.17) is 0 Å². The van der Waals surface area contributed by atoms with E-state index in [0.717, 1.165) is 44.9 Å². The van der Waals surface area contributed by atoms with Gasteiger partial charge in [-0.1, -0.05) is 134 Å². The third-order valence-corrected chi connectivity index (χ3v) is 8.32. The maximum atomic E-state index is 12.4. The average Bonchev–Trinajstić information content (AvgIpc) is 2.94. The number of amides is 1.